The van der Waals surface area contributed by atoms with E-state index in [9.17, 15) is 9.59 Å². The summed E-state index contributed by atoms with van der Waals surface area (Å²) < 4.78 is 1.80. The summed E-state index contributed by atoms with van der Waals surface area (Å²) in [6.07, 6.45) is 1.97. The van der Waals surface area contributed by atoms with Gasteiger partial charge in [-0.1, -0.05) is 48.5 Å². The van der Waals surface area contributed by atoms with Crippen molar-refractivity contribution >= 4 is 17.5 Å². The van der Waals surface area contributed by atoms with Crippen molar-refractivity contribution in [2.75, 3.05) is 18.0 Å². The predicted molar refractivity (Wildman–Crippen MR) is 110 cm³/mol. The summed E-state index contributed by atoms with van der Waals surface area (Å²) in [6.45, 7) is 0.645. The van der Waals surface area contributed by atoms with Gasteiger partial charge in [0.25, 0.3) is 0 Å². The third-order valence-corrected chi connectivity index (χ3v) is 5.16. The van der Waals surface area contributed by atoms with Crippen LogP contribution in [0.4, 0.5) is 5.69 Å². The molecule has 0 fully saturated rings. The average molecular weight is 389 g/mol. The number of para-hydroxylation sites is 1. The summed E-state index contributed by atoms with van der Waals surface area (Å²) in [5.41, 5.74) is 3.05. The van der Waals surface area contributed by atoms with Gasteiger partial charge in [-0.3, -0.25) is 9.59 Å². The van der Waals surface area contributed by atoms with Gasteiger partial charge in [-0.25, -0.2) is 0 Å². The Bertz CT molecular complexity index is 1030. The molecule has 2 amide bonds. The third kappa shape index (κ3) is 4.03. The molecule has 4 rings (SSSR count). The van der Waals surface area contributed by atoms with E-state index in [0.29, 0.717) is 18.2 Å². The van der Waals surface area contributed by atoms with E-state index in [0.717, 1.165) is 24.1 Å². The second kappa shape index (κ2) is 8.26. The van der Waals surface area contributed by atoms with E-state index < -0.39 is 0 Å². The second-order valence-corrected chi connectivity index (χ2v) is 7.10. The number of fused-ring (bicyclic) bond motifs is 1. The Morgan fingerprint density at radius 1 is 1.03 bits per heavy atom. The van der Waals surface area contributed by atoms with Crippen LogP contribution in [0.1, 0.15) is 17.8 Å². The van der Waals surface area contributed by atoms with Crippen LogP contribution in [-0.4, -0.2) is 39.7 Å². The topological polar surface area (TPSA) is 80.1 Å². The maximum absolute atomic E-state index is 12.7. The van der Waals surface area contributed by atoms with E-state index >= 15 is 0 Å². The first-order valence-corrected chi connectivity index (χ1v) is 9.72. The summed E-state index contributed by atoms with van der Waals surface area (Å²) in [5, 5.41) is 11.1. The fraction of sp³-hybridized carbons (Fsp3) is 0.273. The lowest BCUT2D eigenvalue weighted by Gasteiger charge is -2.29. The lowest BCUT2D eigenvalue weighted by molar-refractivity contribution is -0.124. The second-order valence-electron chi connectivity index (χ2n) is 7.10. The Morgan fingerprint density at radius 3 is 2.62 bits per heavy atom. The molecule has 0 spiro atoms. The standard InChI is InChI=1S/C22H23N5O2/c1-26-19(24-25-22(26)17-9-3-2-4-10-17)14-20(28)23-15-21(29)27-13-7-11-16-8-5-6-12-18(16)27/h2-6,8-10,12H,7,11,13-15H2,1H3,(H,23,28). The van der Waals surface area contributed by atoms with Gasteiger partial charge in [0, 0.05) is 24.8 Å². The smallest absolute Gasteiger partial charge is 0.246 e. The van der Waals surface area contributed by atoms with Crippen LogP contribution in [0.2, 0.25) is 0 Å². The number of aromatic nitrogens is 3. The highest BCUT2D eigenvalue weighted by Crippen LogP contribution is 2.26. The van der Waals surface area contributed by atoms with Gasteiger partial charge in [-0.2, -0.15) is 0 Å². The van der Waals surface area contributed by atoms with Gasteiger partial charge in [0.1, 0.15) is 5.82 Å². The van der Waals surface area contributed by atoms with E-state index in [-0.39, 0.29) is 24.8 Å². The van der Waals surface area contributed by atoms with Gasteiger partial charge in [0.05, 0.1) is 13.0 Å². The Balaban J connectivity index is 1.37. The molecule has 0 radical (unpaired) electrons. The maximum Gasteiger partial charge on any atom is 0.246 e. The quantitative estimate of drug-likeness (QED) is 0.725. The first-order chi connectivity index (χ1) is 14.1. The van der Waals surface area contributed by atoms with Crippen LogP contribution in [-0.2, 0) is 29.5 Å². The van der Waals surface area contributed by atoms with Crippen molar-refractivity contribution < 1.29 is 9.59 Å². The van der Waals surface area contributed by atoms with Gasteiger partial charge in [0.2, 0.25) is 11.8 Å². The van der Waals surface area contributed by atoms with Crippen molar-refractivity contribution in [1.82, 2.24) is 20.1 Å². The molecular formula is C22H23N5O2. The van der Waals surface area contributed by atoms with Gasteiger partial charge in [0.15, 0.2) is 5.82 Å². The zero-order chi connectivity index (χ0) is 20.2. The van der Waals surface area contributed by atoms with Crippen molar-refractivity contribution in [2.45, 2.75) is 19.3 Å². The van der Waals surface area contributed by atoms with Crippen molar-refractivity contribution in [3.63, 3.8) is 0 Å². The van der Waals surface area contributed by atoms with E-state index in [1.807, 2.05) is 61.6 Å². The number of amides is 2. The molecule has 2 aromatic carbocycles. The Labute approximate surface area is 169 Å². The summed E-state index contributed by atoms with van der Waals surface area (Å²) in [4.78, 5) is 26.8. The molecule has 3 aromatic rings. The maximum atomic E-state index is 12.7. The van der Waals surface area contributed by atoms with Gasteiger partial charge < -0.3 is 14.8 Å². The molecule has 148 valence electrons. The molecule has 1 aliphatic rings. The number of carbonyl (C=O) groups is 2. The number of nitrogens with zero attached hydrogens (tertiary/aromatic N) is 4. The Morgan fingerprint density at radius 2 is 1.79 bits per heavy atom. The molecule has 0 bridgehead atoms. The highest BCUT2D eigenvalue weighted by Gasteiger charge is 2.22. The molecule has 0 aliphatic carbocycles. The molecule has 1 aliphatic heterocycles. The van der Waals surface area contributed by atoms with E-state index in [1.54, 1.807) is 9.47 Å². The zero-order valence-corrected chi connectivity index (χ0v) is 16.3. The zero-order valence-electron chi connectivity index (χ0n) is 16.3. The number of aryl methyl sites for hydroxylation is 1. The molecule has 1 N–H and O–H groups in total. The highest BCUT2D eigenvalue weighted by atomic mass is 16.2. The van der Waals surface area contributed by atoms with Crippen LogP contribution in [0.15, 0.2) is 54.6 Å². The monoisotopic (exact) mass is 389 g/mol. The highest BCUT2D eigenvalue weighted by molar-refractivity contribution is 5.97. The number of nitrogens with one attached hydrogen (secondary N) is 1. The predicted octanol–water partition coefficient (Wildman–Crippen LogP) is 2.12. The number of hydrogen-bond acceptors (Lipinski definition) is 4. The van der Waals surface area contributed by atoms with Crippen LogP contribution >= 0.6 is 0 Å². The molecule has 29 heavy (non-hydrogen) atoms. The average Bonchev–Trinajstić information content (AvgIpc) is 3.12. The number of rotatable bonds is 5. The fourth-order valence-corrected chi connectivity index (χ4v) is 3.62. The van der Waals surface area contributed by atoms with Crippen molar-refractivity contribution in [3.05, 3.63) is 66.0 Å². The van der Waals surface area contributed by atoms with E-state index in [1.165, 1.54) is 5.56 Å². The minimum Gasteiger partial charge on any atom is -0.347 e. The van der Waals surface area contributed by atoms with Crippen LogP contribution in [0.5, 0.6) is 0 Å². The molecule has 7 nitrogen and oxygen atoms in total. The van der Waals surface area contributed by atoms with Crippen LogP contribution in [0.25, 0.3) is 11.4 Å². The van der Waals surface area contributed by atoms with Gasteiger partial charge in [-0.15, -0.1) is 10.2 Å². The van der Waals surface area contributed by atoms with Crippen LogP contribution < -0.4 is 10.2 Å². The summed E-state index contributed by atoms with van der Waals surface area (Å²) >= 11 is 0. The van der Waals surface area contributed by atoms with Gasteiger partial charge >= 0.3 is 0 Å². The number of hydrogen-bond donors (Lipinski definition) is 1. The first-order valence-electron chi connectivity index (χ1n) is 9.72. The third-order valence-electron chi connectivity index (χ3n) is 5.16. The molecule has 0 saturated heterocycles. The summed E-state index contributed by atoms with van der Waals surface area (Å²) in [7, 11) is 1.83. The molecule has 7 heteroatoms. The first kappa shape index (κ1) is 18.9. The van der Waals surface area contributed by atoms with Crippen LogP contribution in [0, 0.1) is 0 Å². The SMILES string of the molecule is Cn1c(CC(=O)NCC(=O)N2CCCc3ccccc32)nnc1-c1ccccc1. The number of carbonyl (C=O) groups excluding carboxylic acids is 2. The van der Waals surface area contributed by atoms with Crippen LogP contribution in [0.3, 0.4) is 0 Å². The number of benzene rings is 2. The van der Waals surface area contributed by atoms with Gasteiger partial charge in [-0.05, 0) is 24.5 Å². The lowest BCUT2D eigenvalue weighted by atomic mass is 10.0. The van der Waals surface area contributed by atoms with Crippen molar-refractivity contribution in [1.29, 1.82) is 0 Å². The van der Waals surface area contributed by atoms with Crippen molar-refractivity contribution in [3.8, 4) is 11.4 Å². The van der Waals surface area contributed by atoms with Crippen molar-refractivity contribution in [2.24, 2.45) is 7.05 Å². The molecular weight excluding hydrogens is 366 g/mol. The Hall–Kier alpha value is -3.48. The summed E-state index contributed by atoms with van der Waals surface area (Å²) in [5.74, 6) is 0.902. The molecule has 0 atom stereocenters. The van der Waals surface area contributed by atoms with E-state index in [2.05, 4.69) is 15.5 Å². The Kier molecular flexibility index (Phi) is 5.37. The normalized spacial score (nSPS) is 13.1. The largest absolute Gasteiger partial charge is 0.347 e. The molecule has 1 aromatic heterocycles. The fourth-order valence-electron chi connectivity index (χ4n) is 3.62. The molecule has 2 heterocycles. The van der Waals surface area contributed by atoms with E-state index in [4.69, 9.17) is 0 Å². The molecule has 0 unspecified atom stereocenters. The lowest BCUT2D eigenvalue weighted by Crippen LogP contribution is -2.43. The number of anilines is 1. The minimum atomic E-state index is -0.251. The minimum absolute atomic E-state index is 0.0312. The molecule has 0 saturated carbocycles. The summed E-state index contributed by atoms with van der Waals surface area (Å²) in [6, 6.07) is 17.6.